The molecule has 3 unspecified atom stereocenters. The van der Waals surface area contributed by atoms with E-state index >= 15 is 0 Å². The summed E-state index contributed by atoms with van der Waals surface area (Å²) in [5, 5.41) is 3.44. The van der Waals surface area contributed by atoms with Crippen LogP contribution in [0, 0.1) is 11.8 Å². The molecule has 2 fully saturated rings. The van der Waals surface area contributed by atoms with E-state index in [9.17, 15) is 4.79 Å². The second kappa shape index (κ2) is 4.52. The van der Waals surface area contributed by atoms with Gasteiger partial charge in [0.1, 0.15) is 0 Å². The molecule has 3 atom stereocenters. The molecule has 0 radical (unpaired) electrons. The highest BCUT2D eigenvalue weighted by atomic mass is 16.2. The number of likely N-dealkylation sites (tertiary alicyclic amines) is 1. The molecule has 1 saturated heterocycles. The molecule has 15 heavy (non-hydrogen) atoms. The van der Waals surface area contributed by atoms with Gasteiger partial charge in [0.15, 0.2) is 0 Å². The van der Waals surface area contributed by atoms with E-state index in [2.05, 4.69) is 12.2 Å². The lowest BCUT2D eigenvalue weighted by atomic mass is 9.98. The lowest BCUT2D eigenvalue weighted by Crippen LogP contribution is -2.39. The largest absolute Gasteiger partial charge is 0.344 e. The number of likely N-dealkylation sites (N-methyl/N-ethyl adjacent to an activating group) is 1. The van der Waals surface area contributed by atoms with Gasteiger partial charge in [-0.25, -0.2) is 0 Å². The molecule has 3 nitrogen and oxygen atoms in total. The van der Waals surface area contributed by atoms with Gasteiger partial charge in [-0.3, -0.25) is 4.79 Å². The Hall–Kier alpha value is -0.570. The Morgan fingerprint density at radius 3 is 2.73 bits per heavy atom. The Labute approximate surface area is 92.2 Å². The van der Waals surface area contributed by atoms with Gasteiger partial charge in [-0.05, 0) is 31.2 Å². The van der Waals surface area contributed by atoms with Crippen LogP contribution in [0.5, 0.6) is 0 Å². The van der Waals surface area contributed by atoms with E-state index in [0.29, 0.717) is 0 Å². The summed E-state index contributed by atoms with van der Waals surface area (Å²) in [6.45, 7) is 4.28. The molecule has 0 aromatic rings. The van der Waals surface area contributed by atoms with Gasteiger partial charge in [0.2, 0.25) is 5.91 Å². The third kappa shape index (κ3) is 2.33. The third-order valence-corrected chi connectivity index (χ3v) is 4.09. The Morgan fingerprint density at radius 1 is 1.40 bits per heavy atom. The summed E-state index contributed by atoms with van der Waals surface area (Å²) in [5.74, 6) is 1.91. The first kappa shape index (κ1) is 10.9. The van der Waals surface area contributed by atoms with Crippen molar-refractivity contribution in [3.05, 3.63) is 0 Å². The smallest absolute Gasteiger partial charge is 0.239 e. The average Bonchev–Trinajstić information content (AvgIpc) is 2.74. The van der Waals surface area contributed by atoms with Crippen LogP contribution in [0.25, 0.3) is 0 Å². The number of rotatable bonds is 3. The number of hydrogen-bond acceptors (Lipinski definition) is 2. The van der Waals surface area contributed by atoms with Gasteiger partial charge in [-0.2, -0.15) is 0 Å². The molecule has 1 aliphatic carbocycles. The van der Waals surface area contributed by atoms with Crippen molar-refractivity contribution in [3.63, 3.8) is 0 Å². The van der Waals surface area contributed by atoms with Crippen molar-refractivity contribution in [2.75, 3.05) is 20.1 Å². The second-order valence-electron chi connectivity index (χ2n) is 5.18. The fourth-order valence-electron chi connectivity index (χ4n) is 2.83. The zero-order chi connectivity index (χ0) is 10.8. The zero-order valence-electron chi connectivity index (χ0n) is 9.83. The first-order chi connectivity index (χ1) is 7.18. The van der Waals surface area contributed by atoms with Gasteiger partial charge in [0.25, 0.3) is 0 Å². The minimum absolute atomic E-state index is 0.0998. The number of hydrogen-bond donors (Lipinski definition) is 1. The third-order valence-electron chi connectivity index (χ3n) is 4.09. The van der Waals surface area contributed by atoms with Crippen LogP contribution in [0.4, 0.5) is 0 Å². The summed E-state index contributed by atoms with van der Waals surface area (Å²) in [6, 6.07) is 0.0998. The van der Waals surface area contributed by atoms with Crippen molar-refractivity contribution in [2.24, 2.45) is 11.8 Å². The van der Waals surface area contributed by atoms with E-state index < -0.39 is 0 Å². The molecule has 0 aromatic heterocycles. The molecular weight excluding hydrogens is 188 g/mol. The normalized spacial score (nSPS) is 36.5. The molecule has 1 saturated carbocycles. The van der Waals surface area contributed by atoms with Gasteiger partial charge in [-0.15, -0.1) is 0 Å². The molecule has 1 N–H and O–H groups in total. The molecule has 0 spiro atoms. The highest BCUT2D eigenvalue weighted by Gasteiger charge is 2.30. The second-order valence-corrected chi connectivity index (χ2v) is 5.18. The molecular formula is C12H22N2O. The Morgan fingerprint density at radius 2 is 2.20 bits per heavy atom. The fourth-order valence-corrected chi connectivity index (χ4v) is 2.83. The summed E-state index contributed by atoms with van der Waals surface area (Å²) in [6.07, 6.45) is 5.05. The molecule has 0 aromatic carbocycles. The number of carbonyl (C=O) groups excluding carboxylic acids is 1. The predicted molar refractivity (Wildman–Crippen MR) is 60.5 cm³/mol. The first-order valence-electron chi connectivity index (χ1n) is 6.17. The average molecular weight is 210 g/mol. The van der Waals surface area contributed by atoms with Gasteiger partial charge in [-0.1, -0.05) is 19.8 Å². The summed E-state index contributed by atoms with van der Waals surface area (Å²) in [5.41, 5.74) is 0. The minimum Gasteiger partial charge on any atom is -0.344 e. The van der Waals surface area contributed by atoms with E-state index in [-0.39, 0.29) is 11.9 Å². The van der Waals surface area contributed by atoms with Crippen molar-refractivity contribution in [2.45, 2.75) is 38.6 Å². The van der Waals surface area contributed by atoms with Crippen molar-refractivity contribution in [1.82, 2.24) is 10.2 Å². The molecule has 1 heterocycles. The number of carbonyl (C=O) groups is 1. The molecule has 1 amide bonds. The van der Waals surface area contributed by atoms with E-state index in [4.69, 9.17) is 0 Å². The van der Waals surface area contributed by atoms with Crippen molar-refractivity contribution in [3.8, 4) is 0 Å². The predicted octanol–water partition coefficient (Wildman–Crippen LogP) is 1.24. The molecule has 2 aliphatic rings. The SMILES string of the molecule is CC1CCCC1CNC1CCN(C)C1=O. The quantitative estimate of drug-likeness (QED) is 0.760. The van der Waals surface area contributed by atoms with Crippen LogP contribution in [0.3, 0.4) is 0 Å². The standard InChI is InChI=1S/C12H22N2O/c1-9-4-3-5-10(9)8-13-11-6-7-14(2)12(11)15/h9-11,13H,3-8H2,1-2H3. The highest BCUT2D eigenvalue weighted by molar-refractivity contribution is 5.83. The maximum absolute atomic E-state index is 11.7. The van der Waals surface area contributed by atoms with E-state index in [1.54, 1.807) is 0 Å². The van der Waals surface area contributed by atoms with Gasteiger partial charge >= 0.3 is 0 Å². The van der Waals surface area contributed by atoms with Crippen molar-refractivity contribution in [1.29, 1.82) is 0 Å². The fraction of sp³-hybridized carbons (Fsp3) is 0.917. The van der Waals surface area contributed by atoms with E-state index in [0.717, 1.165) is 31.3 Å². The number of amides is 1. The summed E-state index contributed by atoms with van der Waals surface area (Å²) in [4.78, 5) is 13.5. The van der Waals surface area contributed by atoms with Crippen LogP contribution in [0.2, 0.25) is 0 Å². The molecule has 86 valence electrons. The van der Waals surface area contributed by atoms with Crippen LogP contribution in [0.15, 0.2) is 0 Å². The molecule has 1 aliphatic heterocycles. The van der Waals surface area contributed by atoms with Crippen LogP contribution in [-0.4, -0.2) is 37.0 Å². The first-order valence-corrected chi connectivity index (χ1v) is 6.17. The lowest BCUT2D eigenvalue weighted by Gasteiger charge is -2.18. The van der Waals surface area contributed by atoms with Crippen LogP contribution in [0.1, 0.15) is 32.6 Å². The Kier molecular flexibility index (Phi) is 3.29. The lowest BCUT2D eigenvalue weighted by molar-refractivity contribution is -0.128. The van der Waals surface area contributed by atoms with Crippen LogP contribution in [-0.2, 0) is 4.79 Å². The van der Waals surface area contributed by atoms with Crippen molar-refractivity contribution < 1.29 is 4.79 Å². The summed E-state index contributed by atoms with van der Waals surface area (Å²) < 4.78 is 0. The van der Waals surface area contributed by atoms with E-state index in [1.165, 1.54) is 19.3 Å². The number of nitrogens with one attached hydrogen (secondary N) is 1. The minimum atomic E-state index is 0.0998. The molecule has 3 heteroatoms. The molecule has 2 rings (SSSR count). The highest BCUT2D eigenvalue weighted by Crippen LogP contribution is 2.30. The topological polar surface area (TPSA) is 32.3 Å². The maximum Gasteiger partial charge on any atom is 0.239 e. The summed E-state index contributed by atoms with van der Waals surface area (Å²) in [7, 11) is 1.89. The Bertz CT molecular complexity index is 242. The van der Waals surface area contributed by atoms with Gasteiger partial charge < -0.3 is 10.2 Å². The Balaban J connectivity index is 1.76. The molecule has 0 bridgehead atoms. The number of nitrogens with zero attached hydrogens (tertiary/aromatic N) is 1. The van der Waals surface area contributed by atoms with Crippen LogP contribution >= 0.6 is 0 Å². The van der Waals surface area contributed by atoms with Gasteiger partial charge in [0, 0.05) is 13.6 Å². The monoisotopic (exact) mass is 210 g/mol. The maximum atomic E-state index is 11.7. The van der Waals surface area contributed by atoms with Crippen molar-refractivity contribution >= 4 is 5.91 Å². The van der Waals surface area contributed by atoms with Crippen LogP contribution < -0.4 is 5.32 Å². The zero-order valence-corrected chi connectivity index (χ0v) is 9.83. The van der Waals surface area contributed by atoms with Gasteiger partial charge in [0.05, 0.1) is 6.04 Å². The summed E-state index contributed by atoms with van der Waals surface area (Å²) >= 11 is 0. The van der Waals surface area contributed by atoms with E-state index in [1.807, 2.05) is 11.9 Å².